The highest BCUT2D eigenvalue weighted by atomic mass is 79.9. The zero-order chi connectivity index (χ0) is 12.8. The van der Waals surface area contributed by atoms with Crippen molar-refractivity contribution in [1.29, 1.82) is 0 Å². The lowest BCUT2D eigenvalue weighted by atomic mass is 10.0. The minimum absolute atomic E-state index is 0.110. The van der Waals surface area contributed by atoms with Crippen molar-refractivity contribution in [3.63, 3.8) is 0 Å². The van der Waals surface area contributed by atoms with Gasteiger partial charge >= 0.3 is 5.97 Å². The van der Waals surface area contributed by atoms with Gasteiger partial charge in [-0.15, -0.1) is 0 Å². The van der Waals surface area contributed by atoms with E-state index in [2.05, 4.69) is 25.5 Å². The molecule has 90 valence electrons. The molecule has 0 aliphatic heterocycles. The van der Waals surface area contributed by atoms with Crippen molar-refractivity contribution >= 4 is 21.9 Å². The van der Waals surface area contributed by atoms with Crippen LogP contribution >= 0.6 is 15.9 Å². The normalized spacial score (nSPS) is 11.6. The van der Waals surface area contributed by atoms with Crippen LogP contribution in [0.4, 0.5) is 4.39 Å². The van der Waals surface area contributed by atoms with Crippen LogP contribution in [0.15, 0.2) is 22.7 Å². The van der Waals surface area contributed by atoms with E-state index in [4.69, 9.17) is 6.57 Å². The Bertz CT molecular complexity index is 456. The average molecular weight is 300 g/mol. The molecular weight excluding hydrogens is 289 g/mol. The molecular formula is C12H11BrFNO2. The number of hydrogen-bond donors (Lipinski definition) is 0. The Morgan fingerprint density at radius 3 is 2.88 bits per heavy atom. The standard InChI is InChI=1S/C12H11BrFNO2/c1-15-11(5-6-12(16)17-2)9-4-3-8(13)7-10(9)14/h3-4,7,11H,5-6H2,2H3. The lowest BCUT2D eigenvalue weighted by Gasteiger charge is -2.06. The third-order valence-electron chi connectivity index (χ3n) is 2.33. The fourth-order valence-corrected chi connectivity index (χ4v) is 1.75. The van der Waals surface area contributed by atoms with Crippen molar-refractivity contribution in [1.82, 2.24) is 0 Å². The summed E-state index contributed by atoms with van der Waals surface area (Å²) in [6.45, 7) is 7.04. The van der Waals surface area contributed by atoms with E-state index in [0.717, 1.165) is 0 Å². The number of ether oxygens (including phenoxy) is 1. The topological polar surface area (TPSA) is 30.7 Å². The number of nitrogens with zero attached hydrogens (tertiary/aromatic N) is 1. The molecule has 0 aliphatic carbocycles. The highest BCUT2D eigenvalue weighted by molar-refractivity contribution is 9.10. The number of rotatable bonds is 4. The molecule has 0 aliphatic rings. The van der Waals surface area contributed by atoms with Gasteiger partial charge < -0.3 is 9.58 Å². The Labute approximate surface area is 108 Å². The Balaban J connectivity index is 2.80. The van der Waals surface area contributed by atoms with Gasteiger partial charge in [0.25, 0.3) is 6.04 Å². The summed E-state index contributed by atoms with van der Waals surface area (Å²) in [7, 11) is 1.29. The molecule has 0 amide bonds. The number of carbonyl (C=O) groups is 1. The fraction of sp³-hybridized carbons (Fsp3) is 0.333. The minimum atomic E-state index is -0.651. The molecule has 0 spiro atoms. The van der Waals surface area contributed by atoms with Crippen molar-refractivity contribution < 1.29 is 13.9 Å². The predicted molar refractivity (Wildman–Crippen MR) is 64.7 cm³/mol. The largest absolute Gasteiger partial charge is 0.469 e. The van der Waals surface area contributed by atoms with Crippen molar-refractivity contribution in [2.45, 2.75) is 18.9 Å². The van der Waals surface area contributed by atoms with Crippen LogP contribution in [0.25, 0.3) is 4.85 Å². The number of halogens is 2. The first-order valence-electron chi connectivity index (χ1n) is 4.96. The Hall–Kier alpha value is -1.41. The summed E-state index contributed by atoms with van der Waals surface area (Å²) < 4.78 is 18.7. The first kappa shape index (κ1) is 13.7. The van der Waals surface area contributed by atoms with Gasteiger partial charge in [-0.2, -0.15) is 0 Å². The minimum Gasteiger partial charge on any atom is -0.469 e. The molecule has 0 aromatic heterocycles. The van der Waals surface area contributed by atoms with Crippen molar-refractivity contribution in [2.75, 3.05) is 7.11 Å². The quantitative estimate of drug-likeness (QED) is 0.629. The van der Waals surface area contributed by atoms with Crippen LogP contribution in [-0.4, -0.2) is 13.1 Å². The molecule has 0 saturated carbocycles. The SMILES string of the molecule is [C-]#[N+]C(CCC(=O)OC)c1ccc(Br)cc1F. The maximum Gasteiger partial charge on any atom is 0.305 e. The second-order valence-corrected chi connectivity index (χ2v) is 4.34. The fourth-order valence-electron chi connectivity index (χ4n) is 1.42. The van der Waals surface area contributed by atoms with Crippen LogP contribution in [0.5, 0.6) is 0 Å². The van der Waals surface area contributed by atoms with Crippen LogP contribution in [0.1, 0.15) is 24.4 Å². The summed E-state index contributed by atoms with van der Waals surface area (Å²) in [6, 6.07) is 3.89. The Kier molecular flexibility index (Phi) is 5.11. The van der Waals surface area contributed by atoms with Gasteiger partial charge in [0.15, 0.2) is 0 Å². The molecule has 0 N–H and O–H groups in total. The lowest BCUT2D eigenvalue weighted by Crippen LogP contribution is -2.04. The summed E-state index contributed by atoms with van der Waals surface area (Å²) in [6.07, 6.45) is 0.369. The van der Waals surface area contributed by atoms with E-state index >= 15 is 0 Å². The molecule has 0 heterocycles. The molecule has 3 nitrogen and oxygen atoms in total. The van der Waals surface area contributed by atoms with Crippen molar-refractivity contribution in [3.8, 4) is 0 Å². The average Bonchev–Trinajstić information content (AvgIpc) is 2.31. The monoisotopic (exact) mass is 299 g/mol. The molecule has 5 heteroatoms. The zero-order valence-electron chi connectivity index (χ0n) is 9.24. The van der Waals surface area contributed by atoms with Gasteiger partial charge in [0.2, 0.25) is 0 Å². The van der Waals surface area contributed by atoms with Gasteiger partial charge in [-0.3, -0.25) is 4.79 Å². The first-order valence-corrected chi connectivity index (χ1v) is 5.76. The number of benzene rings is 1. The van der Waals surface area contributed by atoms with Crippen LogP contribution in [0.3, 0.4) is 0 Å². The summed E-state index contributed by atoms with van der Waals surface area (Å²) in [5, 5.41) is 0. The second kappa shape index (κ2) is 6.36. The summed E-state index contributed by atoms with van der Waals surface area (Å²) in [5.41, 5.74) is 0.312. The molecule has 1 aromatic rings. The lowest BCUT2D eigenvalue weighted by molar-refractivity contribution is -0.140. The maximum absolute atomic E-state index is 13.6. The zero-order valence-corrected chi connectivity index (χ0v) is 10.8. The number of methoxy groups -OCH3 is 1. The van der Waals surface area contributed by atoms with Gasteiger partial charge in [0.1, 0.15) is 5.82 Å². The van der Waals surface area contributed by atoms with Gasteiger partial charge in [-0.1, -0.05) is 15.9 Å². The van der Waals surface area contributed by atoms with Crippen LogP contribution in [0.2, 0.25) is 0 Å². The molecule has 1 atom stereocenters. The van der Waals surface area contributed by atoms with E-state index in [1.807, 2.05) is 0 Å². The Morgan fingerprint density at radius 1 is 1.65 bits per heavy atom. The van der Waals surface area contributed by atoms with Crippen molar-refractivity contribution in [3.05, 3.63) is 45.5 Å². The van der Waals surface area contributed by atoms with Crippen molar-refractivity contribution in [2.24, 2.45) is 0 Å². The number of carbonyl (C=O) groups excluding carboxylic acids is 1. The third kappa shape index (κ3) is 3.82. The van der Waals surface area contributed by atoms with E-state index in [1.165, 1.54) is 13.2 Å². The number of esters is 1. The number of hydrogen-bond acceptors (Lipinski definition) is 2. The van der Waals surface area contributed by atoms with Gasteiger partial charge in [-0.25, -0.2) is 11.0 Å². The molecule has 0 fully saturated rings. The van der Waals surface area contributed by atoms with E-state index < -0.39 is 17.8 Å². The second-order valence-electron chi connectivity index (χ2n) is 3.43. The highest BCUT2D eigenvalue weighted by Gasteiger charge is 2.21. The maximum atomic E-state index is 13.6. The van der Waals surface area contributed by atoms with E-state index in [0.29, 0.717) is 10.0 Å². The van der Waals surface area contributed by atoms with Crippen LogP contribution in [-0.2, 0) is 9.53 Å². The van der Waals surface area contributed by atoms with Gasteiger partial charge in [0.05, 0.1) is 19.1 Å². The van der Waals surface area contributed by atoms with E-state index in [9.17, 15) is 9.18 Å². The molecule has 1 aromatic carbocycles. The summed E-state index contributed by atoms with van der Waals surface area (Å²) >= 11 is 3.15. The van der Waals surface area contributed by atoms with E-state index in [-0.39, 0.29) is 12.8 Å². The molecule has 1 rings (SSSR count). The Morgan fingerprint density at radius 2 is 2.35 bits per heavy atom. The van der Waals surface area contributed by atoms with E-state index in [1.54, 1.807) is 12.1 Å². The molecule has 0 saturated heterocycles. The summed E-state index contributed by atoms with van der Waals surface area (Å²) in [5.74, 6) is -0.832. The van der Waals surface area contributed by atoms with Crippen LogP contribution in [0, 0.1) is 12.4 Å². The van der Waals surface area contributed by atoms with Crippen LogP contribution < -0.4 is 0 Å². The van der Waals surface area contributed by atoms with Gasteiger partial charge in [-0.05, 0) is 18.2 Å². The molecule has 17 heavy (non-hydrogen) atoms. The predicted octanol–water partition coefficient (Wildman–Crippen LogP) is 3.50. The first-order chi connectivity index (χ1) is 8.08. The third-order valence-corrected chi connectivity index (χ3v) is 2.82. The molecule has 0 radical (unpaired) electrons. The summed E-state index contributed by atoms with van der Waals surface area (Å²) in [4.78, 5) is 14.3. The molecule has 0 bridgehead atoms. The highest BCUT2D eigenvalue weighted by Crippen LogP contribution is 2.27. The molecule has 1 unspecified atom stereocenters. The smallest absolute Gasteiger partial charge is 0.305 e. The van der Waals surface area contributed by atoms with Gasteiger partial charge in [0, 0.05) is 10.9 Å².